The molecule has 13 heteroatoms. The number of piperazine rings is 1. The van der Waals surface area contributed by atoms with E-state index >= 15 is 0 Å². The van der Waals surface area contributed by atoms with Crippen LogP contribution in [-0.4, -0.2) is 69.9 Å². The first kappa shape index (κ1) is 25.9. The summed E-state index contributed by atoms with van der Waals surface area (Å²) in [6, 6.07) is 10.7. The minimum atomic E-state index is -5.16. The number of hydrogen-bond donors (Lipinski definition) is 0. The third-order valence-corrected chi connectivity index (χ3v) is 6.32. The Hall–Kier alpha value is -4.70. The van der Waals surface area contributed by atoms with Crippen LogP contribution in [0.4, 0.5) is 19.0 Å². The summed E-state index contributed by atoms with van der Waals surface area (Å²) < 4.78 is 49.1. The number of halogens is 3. The number of nitriles is 1. The summed E-state index contributed by atoms with van der Waals surface area (Å²) in [6.45, 7) is 3.93. The Morgan fingerprint density at radius 3 is 2.49 bits per heavy atom. The van der Waals surface area contributed by atoms with Crippen LogP contribution in [-0.2, 0) is 11.3 Å². The summed E-state index contributed by atoms with van der Waals surface area (Å²) in [6.07, 6.45) is 0.628. The molecule has 0 unspecified atom stereocenters. The van der Waals surface area contributed by atoms with Gasteiger partial charge in [-0.3, -0.25) is 4.90 Å². The minimum Gasteiger partial charge on any atom is -0.481 e. The van der Waals surface area contributed by atoms with E-state index in [1.807, 2.05) is 24.3 Å². The van der Waals surface area contributed by atoms with Gasteiger partial charge in [0.2, 0.25) is 5.88 Å². The highest BCUT2D eigenvalue weighted by Crippen LogP contribution is 2.32. The third kappa shape index (κ3) is 5.60. The molecule has 0 bridgehead atoms. The highest BCUT2D eigenvalue weighted by Gasteiger charge is 2.41. The molecule has 0 atom stereocenters. The van der Waals surface area contributed by atoms with Gasteiger partial charge in [-0.05, 0) is 23.8 Å². The van der Waals surface area contributed by atoms with E-state index in [1.165, 1.54) is 16.8 Å². The lowest BCUT2D eigenvalue weighted by Gasteiger charge is -2.35. The maximum Gasteiger partial charge on any atom is 0.491 e. The summed E-state index contributed by atoms with van der Waals surface area (Å²) in [7, 11) is 1.58. The first-order chi connectivity index (χ1) is 18.7. The molecular weight excluding hydrogens is 515 g/mol. The first-order valence-corrected chi connectivity index (χ1v) is 11.9. The molecule has 39 heavy (non-hydrogen) atoms. The van der Waals surface area contributed by atoms with Crippen molar-refractivity contribution in [3.05, 3.63) is 66.2 Å². The van der Waals surface area contributed by atoms with Gasteiger partial charge in [0.1, 0.15) is 17.6 Å². The number of carbonyl (C=O) groups excluding carboxylic acids is 1. The van der Waals surface area contributed by atoms with E-state index in [0.717, 1.165) is 50.3 Å². The predicted octanol–water partition coefficient (Wildman–Crippen LogP) is 3.46. The van der Waals surface area contributed by atoms with Gasteiger partial charge in [0, 0.05) is 62.3 Å². The summed E-state index contributed by atoms with van der Waals surface area (Å²) in [5.41, 5.74) is 2.55. The van der Waals surface area contributed by atoms with E-state index in [2.05, 4.69) is 29.6 Å². The molecule has 0 spiro atoms. The van der Waals surface area contributed by atoms with E-state index in [9.17, 15) is 23.2 Å². The van der Waals surface area contributed by atoms with Crippen LogP contribution in [0.3, 0.4) is 0 Å². The largest absolute Gasteiger partial charge is 0.491 e. The smallest absolute Gasteiger partial charge is 0.481 e. The maximum atomic E-state index is 12.7. The lowest BCUT2D eigenvalue weighted by Crippen LogP contribution is -2.46. The number of alkyl halides is 3. The lowest BCUT2D eigenvalue weighted by molar-refractivity contribution is -0.189. The highest BCUT2D eigenvalue weighted by molar-refractivity contribution is 5.86. The van der Waals surface area contributed by atoms with Crippen molar-refractivity contribution < 1.29 is 27.4 Å². The molecule has 10 nitrogen and oxygen atoms in total. The van der Waals surface area contributed by atoms with Gasteiger partial charge >= 0.3 is 12.1 Å². The number of ether oxygens (including phenoxy) is 2. The van der Waals surface area contributed by atoms with Crippen LogP contribution in [0, 0.1) is 11.3 Å². The Balaban J connectivity index is 1.32. The fourth-order valence-electron chi connectivity index (χ4n) is 4.37. The Kier molecular flexibility index (Phi) is 7.03. The summed E-state index contributed by atoms with van der Waals surface area (Å²) in [5.74, 6) is -1.39. The quantitative estimate of drug-likeness (QED) is 0.342. The second kappa shape index (κ2) is 10.6. The van der Waals surface area contributed by atoms with E-state index < -0.39 is 12.1 Å². The highest BCUT2D eigenvalue weighted by atomic mass is 19.4. The molecule has 4 aromatic rings. The standard InChI is InChI=1S/C26H22F3N7O3/c1-38-23-5-2-17(12-32-23)15-34-6-8-35(9-7-34)22-4-3-18(13-31-22)21-10-20(39-25(37)26(27,28)29)16-36-24(21)19(11-30)14-33-36/h2-5,10,12-14,16H,6-9,15H2,1H3. The molecule has 0 aliphatic carbocycles. The van der Waals surface area contributed by atoms with Crippen LogP contribution < -0.4 is 14.4 Å². The van der Waals surface area contributed by atoms with Crippen molar-refractivity contribution in [3.63, 3.8) is 0 Å². The zero-order valence-corrected chi connectivity index (χ0v) is 20.7. The molecule has 0 saturated carbocycles. The zero-order chi connectivity index (χ0) is 27.6. The minimum absolute atomic E-state index is 0.214. The Bertz CT molecular complexity index is 1520. The van der Waals surface area contributed by atoms with Crippen molar-refractivity contribution in [2.75, 3.05) is 38.2 Å². The molecule has 5 heterocycles. The fourth-order valence-corrected chi connectivity index (χ4v) is 4.37. The molecule has 1 fully saturated rings. The van der Waals surface area contributed by atoms with E-state index in [-0.39, 0.29) is 11.3 Å². The number of hydrogen-bond acceptors (Lipinski definition) is 9. The van der Waals surface area contributed by atoms with Gasteiger partial charge in [-0.1, -0.05) is 6.07 Å². The molecule has 1 saturated heterocycles. The first-order valence-electron chi connectivity index (χ1n) is 11.9. The van der Waals surface area contributed by atoms with Gasteiger partial charge in [0.25, 0.3) is 0 Å². The molecule has 0 radical (unpaired) electrons. The summed E-state index contributed by atoms with van der Waals surface area (Å²) in [4.78, 5) is 24.7. The van der Waals surface area contributed by atoms with Gasteiger partial charge in [-0.25, -0.2) is 19.3 Å². The Morgan fingerprint density at radius 1 is 1.08 bits per heavy atom. The van der Waals surface area contributed by atoms with Crippen LogP contribution in [0.15, 0.2) is 55.1 Å². The fraction of sp³-hybridized carbons (Fsp3) is 0.269. The normalized spacial score (nSPS) is 14.3. The number of rotatable bonds is 6. The number of pyridine rings is 3. The molecule has 5 rings (SSSR count). The lowest BCUT2D eigenvalue weighted by atomic mass is 10.1. The van der Waals surface area contributed by atoms with E-state index in [4.69, 9.17) is 4.74 Å². The van der Waals surface area contributed by atoms with Gasteiger partial charge < -0.3 is 14.4 Å². The molecule has 0 aromatic carbocycles. The van der Waals surface area contributed by atoms with Gasteiger partial charge in [-0.15, -0.1) is 0 Å². The monoisotopic (exact) mass is 537 g/mol. The van der Waals surface area contributed by atoms with Crippen molar-refractivity contribution in [1.82, 2.24) is 24.5 Å². The maximum absolute atomic E-state index is 12.7. The second-order valence-electron chi connectivity index (χ2n) is 8.82. The average molecular weight is 538 g/mol. The van der Waals surface area contributed by atoms with Crippen LogP contribution in [0.2, 0.25) is 0 Å². The number of aromatic nitrogens is 4. The molecule has 4 aromatic heterocycles. The Labute approximate surface area is 220 Å². The molecule has 1 aliphatic rings. The SMILES string of the molecule is COc1ccc(CN2CCN(c3ccc(-c4cc(OC(=O)C(F)(F)F)cn5ncc(C#N)c45)cn3)CC2)cn1. The van der Waals surface area contributed by atoms with E-state index in [0.29, 0.717) is 22.5 Å². The number of fused-ring (bicyclic) bond motifs is 1. The van der Waals surface area contributed by atoms with Gasteiger partial charge in [-0.2, -0.15) is 23.5 Å². The molecule has 0 N–H and O–H groups in total. The van der Waals surface area contributed by atoms with Crippen LogP contribution >= 0.6 is 0 Å². The average Bonchev–Trinajstić information content (AvgIpc) is 3.36. The molecule has 0 amide bonds. The third-order valence-electron chi connectivity index (χ3n) is 6.32. The number of carbonyl (C=O) groups is 1. The Morgan fingerprint density at radius 2 is 1.87 bits per heavy atom. The van der Waals surface area contributed by atoms with Gasteiger partial charge in [0.05, 0.1) is 30.6 Å². The van der Waals surface area contributed by atoms with Crippen molar-refractivity contribution in [1.29, 1.82) is 5.26 Å². The molecular formula is C26H22F3N7O3. The number of anilines is 1. The number of methoxy groups -OCH3 is 1. The summed E-state index contributed by atoms with van der Waals surface area (Å²) in [5, 5.41) is 13.5. The topological polar surface area (TPSA) is 109 Å². The summed E-state index contributed by atoms with van der Waals surface area (Å²) >= 11 is 0. The number of esters is 1. The van der Waals surface area contributed by atoms with Crippen LogP contribution in [0.5, 0.6) is 11.6 Å². The number of nitrogens with zero attached hydrogens (tertiary/aromatic N) is 7. The van der Waals surface area contributed by atoms with Crippen molar-refractivity contribution in [2.45, 2.75) is 12.7 Å². The van der Waals surface area contributed by atoms with Crippen molar-refractivity contribution in [3.8, 4) is 28.8 Å². The molecule has 1 aliphatic heterocycles. The molecule has 200 valence electrons. The van der Waals surface area contributed by atoms with Gasteiger partial charge in [0.15, 0.2) is 0 Å². The zero-order valence-electron chi connectivity index (χ0n) is 20.7. The van der Waals surface area contributed by atoms with Crippen molar-refractivity contribution in [2.24, 2.45) is 0 Å². The predicted molar refractivity (Wildman–Crippen MR) is 133 cm³/mol. The second-order valence-corrected chi connectivity index (χ2v) is 8.82. The van der Waals surface area contributed by atoms with Crippen molar-refractivity contribution >= 4 is 17.3 Å². The van der Waals surface area contributed by atoms with Crippen LogP contribution in [0.1, 0.15) is 11.1 Å². The van der Waals surface area contributed by atoms with Crippen LogP contribution in [0.25, 0.3) is 16.6 Å². The van der Waals surface area contributed by atoms with E-state index in [1.54, 1.807) is 25.6 Å².